The number of hydrogen-bond donors (Lipinski definition) is 2. The van der Waals surface area contributed by atoms with Crippen LogP contribution in [0.5, 0.6) is 5.75 Å². The fourth-order valence-electron chi connectivity index (χ4n) is 3.25. The van der Waals surface area contributed by atoms with Crippen LogP contribution in [0.15, 0.2) is 12.1 Å². The fraction of sp³-hybridized carbons (Fsp3) is 0.647. The van der Waals surface area contributed by atoms with Crippen molar-refractivity contribution in [3.8, 4) is 5.75 Å². The standard InChI is InChI=1S/C17H27NO2/c1-5-20-16-11-12(2)15(10-13(16)3)17(4,19)14-6-8-18-9-7-14/h10-11,14,18-19H,5-9H2,1-4H3. The number of piperidine rings is 1. The van der Waals surface area contributed by atoms with Gasteiger partial charge in [0.15, 0.2) is 0 Å². The Morgan fingerprint density at radius 1 is 1.25 bits per heavy atom. The highest BCUT2D eigenvalue weighted by molar-refractivity contribution is 5.44. The van der Waals surface area contributed by atoms with E-state index in [2.05, 4.69) is 24.4 Å². The molecule has 0 bridgehead atoms. The molecule has 112 valence electrons. The number of rotatable bonds is 4. The Balaban J connectivity index is 2.33. The highest BCUT2D eigenvalue weighted by Crippen LogP contribution is 2.38. The van der Waals surface area contributed by atoms with Crippen molar-refractivity contribution in [2.75, 3.05) is 19.7 Å². The van der Waals surface area contributed by atoms with Crippen molar-refractivity contribution in [2.24, 2.45) is 5.92 Å². The van der Waals surface area contributed by atoms with E-state index >= 15 is 0 Å². The molecule has 3 heteroatoms. The first-order valence-corrected chi connectivity index (χ1v) is 7.64. The van der Waals surface area contributed by atoms with Crippen LogP contribution in [0.1, 0.15) is 43.4 Å². The largest absolute Gasteiger partial charge is 0.494 e. The molecule has 1 atom stereocenters. The van der Waals surface area contributed by atoms with Gasteiger partial charge in [-0.3, -0.25) is 0 Å². The molecular weight excluding hydrogens is 250 g/mol. The van der Waals surface area contributed by atoms with Gasteiger partial charge in [0, 0.05) is 0 Å². The van der Waals surface area contributed by atoms with Crippen LogP contribution in [-0.4, -0.2) is 24.8 Å². The molecule has 1 aliphatic heterocycles. The second-order valence-electron chi connectivity index (χ2n) is 6.04. The summed E-state index contributed by atoms with van der Waals surface area (Å²) in [6.07, 6.45) is 2.05. The Morgan fingerprint density at radius 3 is 2.50 bits per heavy atom. The average molecular weight is 277 g/mol. The number of benzene rings is 1. The highest BCUT2D eigenvalue weighted by atomic mass is 16.5. The molecule has 3 nitrogen and oxygen atoms in total. The van der Waals surface area contributed by atoms with Crippen LogP contribution in [0.25, 0.3) is 0 Å². The van der Waals surface area contributed by atoms with Gasteiger partial charge >= 0.3 is 0 Å². The first kappa shape index (κ1) is 15.3. The summed E-state index contributed by atoms with van der Waals surface area (Å²) in [4.78, 5) is 0. The minimum absolute atomic E-state index is 0.319. The van der Waals surface area contributed by atoms with E-state index in [1.807, 2.05) is 20.8 Å². The zero-order valence-electron chi connectivity index (χ0n) is 13.1. The Hall–Kier alpha value is -1.06. The van der Waals surface area contributed by atoms with Crippen molar-refractivity contribution in [2.45, 2.75) is 46.1 Å². The molecule has 1 saturated heterocycles. The SMILES string of the molecule is CCOc1cc(C)c(C(C)(O)C2CCNCC2)cc1C. The monoisotopic (exact) mass is 277 g/mol. The van der Waals surface area contributed by atoms with Gasteiger partial charge in [-0.25, -0.2) is 0 Å². The van der Waals surface area contributed by atoms with Gasteiger partial charge in [0.2, 0.25) is 0 Å². The molecule has 0 aliphatic carbocycles. The molecule has 1 heterocycles. The van der Waals surface area contributed by atoms with Crippen LogP contribution in [0, 0.1) is 19.8 Å². The van der Waals surface area contributed by atoms with E-state index in [0.717, 1.165) is 48.4 Å². The second-order valence-corrected chi connectivity index (χ2v) is 6.04. The van der Waals surface area contributed by atoms with Gasteiger partial charge in [0.05, 0.1) is 12.2 Å². The van der Waals surface area contributed by atoms with Gasteiger partial charge in [-0.05, 0) is 88.4 Å². The topological polar surface area (TPSA) is 41.5 Å². The maximum atomic E-state index is 11.1. The molecule has 1 unspecified atom stereocenters. The van der Waals surface area contributed by atoms with E-state index in [0.29, 0.717) is 12.5 Å². The molecule has 0 amide bonds. The first-order valence-electron chi connectivity index (χ1n) is 7.64. The lowest BCUT2D eigenvalue weighted by Crippen LogP contribution is -2.40. The normalized spacial score (nSPS) is 19.6. The lowest BCUT2D eigenvalue weighted by molar-refractivity contribution is -0.0192. The summed E-state index contributed by atoms with van der Waals surface area (Å²) in [5.74, 6) is 1.25. The molecule has 1 fully saturated rings. The summed E-state index contributed by atoms with van der Waals surface area (Å²) in [7, 11) is 0. The minimum atomic E-state index is -0.762. The number of nitrogens with one attached hydrogen (secondary N) is 1. The van der Waals surface area contributed by atoms with Gasteiger partial charge in [0.25, 0.3) is 0 Å². The molecule has 1 aromatic rings. The number of aliphatic hydroxyl groups is 1. The van der Waals surface area contributed by atoms with Crippen LogP contribution in [-0.2, 0) is 5.60 Å². The van der Waals surface area contributed by atoms with E-state index in [1.54, 1.807) is 0 Å². The van der Waals surface area contributed by atoms with E-state index in [1.165, 1.54) is 0 Å². The van der Waals surface area contributed by atoms with Crippen LogP contribution in [0.2, 0.25) is 0 Å². The quantitative estimate of drug-likeness (QED) is 0.889. The van der Waals surface area contributed by atoms with Crippen molar-refractivity contribution < 1.29 is 9.84 Å². The predicted octanol–water partition coefficient (Wildman–Crippen LogP) is 2.91. The first-order chi connectivity index (χ1) is 9.46. The zero-order chi connectivity index (χ0) is 14.8. The molecule has 0 radical (unpaired) electrons. The zero-order valence-corrected chi connectivity index (χ0v) is 13.1. The van der Waals surface area contributed by atoms with Crippen molar-refractivity contribution in [3.63, 3.8) is 0 Å². The van der Waals surface area contributed by atoms with Gasteiger partial charge in [0.1, 0.15) is 5.75 Å². The Labute approximate surface area is 122 Å². The van der Waals surface area contributed by atoms with Gasteiger partial charge < -0.3 is 15.2 Å². The second kappa shape index (κ2) is 6.15. The van der Waals surface area contributed by atoms with Crippen molar-refractivity contribution in [1.82, 2.24) is 5.32 Å². The van der Waals surface area contributed by atoms with E-state index < -0.39 is 5.60 Å². The fourth-order valence-corrected chi connectivity index (χ4v) is 3.25. The average Bonchev–Trinajstić information content (AvgIpc) is 2.43. The summed E-state index contributed by atoms with van der Waals surface area (Å²) in [5.41, 5.74) is 2.50. The Bertz CT molecular complexity index is 462. The molecule has 1 aliphatic rings. The number of hydrogen-bond acceptors (Lipinski definition) is 3. The molecule has 1 aromatic carbocycles. The number of ether oxygens (including phenoxy) is 1. The number of aryl methyl sites for hydroxylation is 2. The smallest absolute Gasteiger partial charge is 0.122 e. The van der Waals surface area contributed by atoms with Gasteiger partial charge in [-0.2, -0.15) is 0 Å². The third kappa shape index (κ3) is 2.99. The van der Waals surface area contributed by atoms with Crippen LogP contribution in [0.4, 0.5) is 0 Å². The molecule has 2 rings (SSSR count). The minimum Gasteiger partial charge on any atom is -0.494 e. The van der Waals surface area contributed by atoms with Crippen LogP contribution < -0.4 is 10.1 Å². The van der Waals surface area contributed by atoms with E-state index in [9.17, 15) is 5.11 Å². The summed E-state index contributed by atoms with van der Waals surface area (Å²) < 4.78 is 5.64. The maximum absolute atomic E-state index is 11.1. The van der Waals surface area contributed by atoms with Crippen molar-refractivity contribution >= 4 is 0 Å². The van der Waals surface area contributed by atoms with Crippen molar-refractivity contribution in [3.05, 3.63) is 28.8 Å². The summed E-state index contributed by atoms with van der Waals surface area (Å²) in [6.45, 7) is 10.7. The molecule has 20 heavy (non-hydrogen) atoms. The van der Waals surface area contributed by atoms with Gasteiger partial charge in [-0.15, -0.1) is 0 Å². The lowest BCUT2D eigenvalue weighted by atomic mass is 9.76. The van der Waals surface area contributed by atoms with Gasteiger partial charge in [-0.1, -0.05) is 0 Å². The van der Waals surface area contributed by atoms with Crippen LogP contribution in [0.3, 0.4) is 0 Å². The third-order valence-corrected chi connectivity index (χ3v) is 4.50. The Morgan fingerprint density at radius 2 is 1.90 bits per heavy atom. The van der Waals surface area contributed by atoms with Crippen molar-refractivity contribution in [1.29, 1.82) is 0 Å². The van der Waals surface area contributed by atoms with E-state index in [4.69, 9.17) is 4.74 Å². The third-order valence-electron chi connectivity index (χ3n) is 4.50. The highest BCUT2D eigenvalue weighted by Gasteiger charge is 2.35. The molecule has 0 spiro atoms. The lowest BCUT2D eigenvalue weighted by Gasteiger charge is -2.37. The molecule has 0 aromatic heterocycles. The van der Waals surface area contributed by atoms with E-state index in [-0.39, 0.29) is 0 Å². The molecular formula is C17H27NO2. The summed E-state index contributed by atoms with van der Waals surface area (Å²) >= 11 is 0. The summed E-state index contributed by atoms with van der Waals surface area (Å²) in [5, 5.41) is 14.4. The molecule has 0 saturated carbocycles. The molecule has 2 N–H and O–H groups in total. The maximum Gasteiger partial charge on any atom is 0.122 e. The predicted molar refractivity (Wildman–Crippen MR) is 82.2 cm³/mol. The van der Waals surface area contributed by atoms with Crippen LogP contribution >= 0.6 is 0 Å². The Kier molecular flexibility index (Phi) is 4.71. The summed E-state index contributed by atoms with van der Waals surface area (Å²) in [6, 6.07) is 4.16.